The van der Waals surface area contributed by atoms with E-state index in [0.717, 1.165) is 29.3 Å². The summed E-state index contributed by atoms with van der Waals surface area (Å²) in [5.41, 5.74) is 6.12. The molecule has 0 radical (unpaired) electrons. The number of nitrogens with one attached hydrogen (secondary N) is 1. The van der Waals surface area contributed by atoms with E-state index in [0.29, 0.717) is 0 Å². The zero-order chi connectivity index (χ0) is 15.9. The van der Waals surface area contributed by atoms with Gasteiger partial charge < -0.3 is 9.88 Å². The Balaban J connectivity index is 1.57. The second kappa shape index (κ2) is 5.49. The molecule has 5 rings (SSSR count). The van der Waals surface area contributed by atoms with Gasteiger partial charge in [-0.2, -0.15) is 0 Å². The van der Waals surface area contributed by atoms with Crippen LogP contribution in [-0.2, 0) is 6.42 Å². The number of nitrogens with zero attached hydrogens (tertiary/aromatic N) is 2. The van der Waals surface area contributed by atoms with Crippen molar-refractivity contribution >= 4 is 33.1 Å². The Kier molecular flexibility index (Phi) is 3.16. The van der Waals surface area contributed by atoms with Gasteiger partial charge in [-0.15, -0.1) is 11.3 Å². The molecule has 1 aliphatic rings. The number of aromatic nitrogens is 2. The Bertz CT molecular complexity index is 1010. The minimum Gasteiger partial charge on any atom is -0.360 e. The van der Waals surface area contributed by atoms with Gasteiger partial charge in [-0.25, -0.2) is 4.98 Å². The molecule has 1 aliphatic heterocycles. The summed E-state index contributed by atoms with van der Waals surface area (Å²) in [6.07, 6.45) is 4.40. The molecule has 2 aromatic carbocycles. The molecule has 3 heterocycles. The van der Waals surface area contributed by atoms with Gasteiger partial charge >= 0.3 is 0 Å². The maximum atomic E-state index is 4.95. The predicted octanol–water partition coefficient (Wildman–Crippen LogP) is 5.38. The standard InChI is InChI=1S/C20H17N3S/c1-4-10-19-14(6-1)7-5-11-23(19)20-22-18(13-24-20)16-12-21-17-9-3-2-8-15(16)17/h1-4,6,8-10,12-13,21H,5,7,11H2. The van der Waals surface area contributed by atoms with Crippen molar-refractivity contribution in [1.29, 1.82) is 0 Å². The first kappa shape index (κ1) is 13.8. The normalized spacial score (nSPS) is 14.1. The van der Waals surface area contributed by atoms with Crippen molar-refractivity contribution in [2.75, 3.05) is 11.4 Å². The Labute approximate surface area is 144 Å². The number of hydrogen-bond acceptors (Lipinski definition) is 3. The van der Waals surface area contributed by atoms with E-state index in [1.807, 2.05) is 0 Å². The van der Waals surface area contributed by atoms with Gasteiger partial charge in [-0.3, -0.25) is 0 Å². The van der Waals surface area contributed by atoms with E-state index in [-0.39, 0.29) is 0 Å². The fraction of sp³-hybridized carbons (Fsp3) is 0.150. The maximum Gasteiger partial charge on any atom is 0.190 e. The van der Waals surface area contributed by atoms with Crippen LogP contribution in [-0.4, -0.2) is 16.5 Å². The third-order valence-corrected chi connectivity index (χ3v) is 5.56. The molecule has 118 valence electrons. The predicted molar refractivity (Wildman–Crippen MR) is 101 cm³/mol. The molecule has 0 amide bonds. The number of anilines is 2. The highest BCUT2D eigenvalue weighted by Crippen LogP contribution is 2.38. The van der Waals surface area contributed by atoms with E-state index in [2.05, 4.69) is 70.0 Å². The molecule has 4 heteroatoms. The van der Waals surface area contributed by atoms with Crippen LogP contribution in [0.1, 0.15) is 12.0 Å². The Morgan fingerprint density at radius 2 is 1.92 bits per heavy atom. The number of thiazole rings is 1. The summed E-state index contributed by atoms with van der Waals surface area (Å²) in [5.74, 6) is 0. The van der Waals surface area contributed by atoms with Gasteiger partial charge in [0.15, 0.2) is 5.13 Å². The Morgan fingerprint density at radius 1 is 1.04 bits per heavy atom. The van der Waals surface area contributed by atoms with Crippen molar-refractivity contribution in [1.82, 2.24) is 9.97 Å². The van der Waals surface area contributed by atoms with Crippen LogP contribution in [0.3, 0.4) is 0 Å². The second-order valence-corrected chi connectivity index (χ2v) is 6.98. The van der Waals surface area contributed by atoms with Crippen molar-refractivity contribution < 1.29 is 0 Å². The number of H-pyrrole nitrogens is 1. The average Bonchev–Trinajstić information content (AvgIpc) is 3.28. The summed E-state index contributed by atoms with van der Waals surface area (Å²) >= 11 is 1.73. The topological polar surface area (TPSA) is 31.9 Å². The van der Waals surface area contributed by atoms with Crippen molar-refractivity contribution in [2.45, 2.75) is 12.8 Å². The molecule has 0 unspecified atom stereocenters. The van der Waals surface area contributed by atoms with Gasteiger partial charge in [-0.05, 0) is 30.5 Å². The van der Waals surface area contributed by atoms with Crippen molar-refractivity contribution in [2.24, 2.45) is 0 Å². The first-order valence-corrected chi connectivity index (χ1v) is 9.15. The molecule has 1 N–H and O–H groups in total. The molecule has 0 atom stereocenters. The van der Waals surface area contributed by atoms with E-state index in [9.17, 15) is 0 Å². The van der Waals surface area contributed by atoms with Crippen LogP contribution >= 0.6 is 11.3 Å². The van der Waals surface area contributed by atoms with Crippen LogP contribution in [0.5, 0.6) is 0 Å². The summed E-state index contributed by atoms with van der Waals surface area (Å²) < 4.78 is 0. The summed E-state index contributed by atoms with van der Waals surface area (Å²) in [7, 11) is 0. The Morgan fingerprint density at radius 3 is 2.92 bits per heavy atom. The van der Waals surface area contributed by atoms with E-state index in [4.69, 9.17) is 4.98 Å². The largest absolute Gasteiger partial charge is 0.360 e. The lowest BCUT2D eigenvalue weighted by Gasteiger charge is -2.28. The molecule has 24 heavy (non-hydrogen) atoms. The van der Waals surface area contributed by atoms with Crippen LogP contribution in [0, 0.1) is 0 Å². The smallest absolute Gasteiger partial charge is 0.190 e. The summed E-state index contributed by atoms with van der Waals surface area (Å²) in [6.45, 7) is 1.04. The number of benzene rings is 2. The van der Waals surface area contributed by atoms with E-state index >= 15 is 0 Å². The maximum absolute atomic E-state index is 4.95. The first-order valence-electron chi connectivity index (χ1n) is 8.27. The SMILES string of the molecule is c1ccc2c(c1)CCCN2c1nc(-c2c[nH]c3ccccc23)cs1. The zero-order valence-corrected chi connectivity index (χ0v) is 14.0. The number of para-hydroxylation sites is 2. The van der Waals surface area contributed by atoms with Crippen LogP contribution in [0.25, 0.3) is 22.2 Å². The lowest BCUT2D eigenvalue weighted by atomic mass is 10.0. The van der Waals surface area contributed by atoms with Gasteiger partial charge in [0, 0.05) is 40.3 Å². The highest BCUT2D eigenvalue weighted by molar-refractivity contribution is 7.14. The van der Waals surface area contributed by atoms with Crippen molar-refractivity contribution in [3.05, 3.63) is 65.7 Å². The fourth-order valence-electron chi connectivity index (χ4n) is 3.53. The van der Waals surface area contributed by atoms with Gasteiger partial charge in [0.1, 0.15) is 0 Å². The third kappa shape index (κ3) is 2.14. The molecule has 2 aromatic heterocycles. The highest BCUT2D eigenvalue weighted by atomic mass is 32.1. The lowest BCUT2D eigenvalue weighted by molar-refractivity contribution is 0.765. The summed E-state index contributed by atoms with van der Waals surface area (Å²) in [4.78, 5) is 10.7. The van der Waals surface area contributed by atoms with Crippen LogP contribution in [0.15, 0.2) is 60.1 Å². The molecule has 0 bridgehead atoms. The second-order valence-electron chi connectivity index (χ2n) is 6.15. The third-order valence-electron chi connectivity index (χ3n) is 4.70. The highest BCUT2D eigenvalue weighted by Gasteiger charge is 2.21. The molecule has 0 saturated heterocycles. The summed E-state index contributed by atoms with van der Waals surface area (Å²) in [5, 5.41) is 4.48. The molecule has 3 nitrogen and oxygen atoms in total. The van der Waals surface area contributed by atoms with Crippen LogP contribution in [0.4, 0.5) is 10.8 Å². The molecule has 0 saturated carbocycles. The molecular formula is C20H17N3S. The zero-order valence-electron chi connectivity index (χ0n) is 13.2. The van der Waals surface area contributed by atoms with E-state index in [1.54, 1.807) is 11.3 Å². The Hall–Kier alpha value is -2.59. The minimum atomic E-state index is 1.04. The number of rotatable bonds is 2. The van der Waals surface area contributed by atoms with E-state index in [1.165, 1.54) is 28.6 Å². The first-order chi connectivity index (χ1) is 11.9. The molecule has 4 aromatic rings. The van der Waals surface area contributed by atoms with E-state index < -0.39 is 0 Å². The van der Waals surface area contributed by atoms with Gasteiger partial charge in [0.25, 0.3) is 0 Å². The molecule has 0 spiro atoms. The van der Waals surface area contributed by atoms with Gasteiger partial charge in [0.2, 0.25) is 0 Å². The van der Waals surface area contributed by atoms with Crippen LogP contribution < -0.4 is 4.90 Å². The van der Waals surface area contributed by atoms with Gasteiger partial charge in [0.05, 0.1) is 5.69 Å². The summed E-state index contributed by atoms with van der Waals surface area (Å²) in [6, 6.07) is 17.1. The average molecular weight is 331 g/mol. The number of fused-ring (bicyclic) bond motifs is 2. The quantitative estimate of drug-likeness (QED) is 0.535. The van der Waals surface area contributed by atoms with Gasteiger partial charge in [-0.1, -0.05) is 36.4 Å². The minimum absolute atomic E-state index is 1.04. The van der Waals surface area contributed by atoms with Crippen molar-refractivity contribution in [3.63, 3.8) is 0 Å². The lowest BCUT2D eigenvalue weighted by Crippen LogP contribution is -2.24. The number of aryl methyl sites for hydroxylation is 1. The molecular weight excluding hydrogens is 314 g/mol. The molecule has 0 aliphatic carbocycles. The molecule has 0 fully saturated rings. The number of aromatic amines is 1. The van der Waals surface area contributed by atoms with Crippen molar-refractivity contribution in [3.8, 4) is 11.3 Å². The van der Waals surface area contributed by atoms with Crippen LogP contribution in [0.2, 0.25) is 0 Å². The number of hydrogen-bond donors (Lipinski definition) is 1. The monoisotopic (exact) mass is 331 g/mol. The fourth-order valence-corrected chi connectivity index (χ4v) is 4.39.